The lowest BCUT2D eigenvalue weighted by Crippen LogP contribution is -2.20. The zero-order chi connectivity index (χ0) is 14.5. The van der Waals surface area contributed by atoms with Crippen LogP contribution in [0.3, 0.4) is 0 Å². The number of anilines is 2. The summed E-state index contributed by atoms with van der Waals surface area (Å²) in [6.45, 7) is 4.79. The number of aryl methyl sites for hydroxylation is 2. The van der Waals surface area contributed by atoms with Crippen molar-refractivity contribution in [3.05, 3.63) is 41.5 Å². The topological polar surface area (TPSA) is 67.9 Å². The average molecular weight is 271 g/mol. The van der Waals surface area contributed by atoms with Gasteiger partial charge in [0.05, 0.1) is 12.2 Å². The molecule has 2 heterocycles. The van der Waals surface area contributed by atoms with E-state index in [1.807, 2.05) is 37.1 Å². The lowest BCUT2D eigenvalue weighted by Gasteiger charge is -2.18. The SMILES string of the molecule is CCCc1nc(N)cc(N(C)Cc2cccc(C)n2)n1. The molecule has 106 valence electrons. The van der Waals surface area contributed by atoms with E-state index in [0.29, 0.717) is 12.4 Å². The highest BCUT2D eigenvalue weighted by molar-refractivity contribution is 5.46. The van der Waals surface area contributed by atoms with E-state index in [0.717, 1.165) is 35.9 Å². The van der Waals surface area contributed by atoms with Gasteiger partial charge < -0.3 is 10.6 Å². The van der Waals surface area contributed by atoms with Crippen molar-refractivity contribution in [1.82, 2.24) is 15.0 Å². The summed E-state index contributed by atoms with van der Waals surface area (Å²) in [5.41, 5.74) is 7.89. The Bertz CT molecular complexity index is 582. The molecule has 0 saturated heterocycles. The van der Waals surface area contributed by atoms with Gasteiger partial charge in [-0.25, -0.2) is 9.97 Å². The molecule has 0 amide bonds. The van der Waals surface area contributed by atoms with Crippen LogP contribution >= 0.6 is 0 Å². The van der Waals surface area contributed by atoms with Gasteiger partial charge in [-0.2, -0.15) is 0 Å². The van der Waals surface area contributed by atoms with Gasteiger partial charge >= 0.3 is 0 Å². The molecule has 0 aliphatic rings. The van der Waals surface area contributed by atoms with Crippen molar-refractivity contribution in [1.29, 1.82) is 0 Å². The van der Waals surface area contributed by atoms with Gasteiger partial charge in [-0.15, -0.1) is 0 Å². The van der Waals surface area contributed by atoms with Crippen molar-refractivity contribution >= 4 is 11.6 Å². The third kappa shape index (κ3) is 3.66. The Morgan fingerprint density at radius 3 is 2.70 bits per heavy atom. The van der Waals surface area contributed by atoms with Gasteiger partial charge in [-0.3, -0.25) is 4.98 Å². The molecule has 0 aromatic carbocycles. The van der Waals surface area contributed by atoms with Crippen molar-refractivity contribution in [3.8, 4) is 0 Å². The zero-order valence-electron chi connectivity index (χ0n) is 12.3. The van der Waals surface area contributed by atoms with Crippen molar-refractivity contribution in [3.63, 3.8) is 0 Å². The molecule has 0 atom stereocenters. The van der Waals surface area contributed by atoms with Gasteiger partial charge in [0, 0.05) is 25.2 Å². The predicted molar refractivity (Wildman–Crippen MR) is 81.5 cm³/mol. The van der Waals surface area contributed by atoms with Crippen LogP contribution < -0.4 is 10.6 Å². The Morgan fingerprint density at radius 1 is 1.20 bits per heavy atom. The Labute approximate surface area is 119 Å². The van der Waals surface area contributed by atoms with E-state index >= 15 is 0 Å². The highest BCUT2D eigenvalue weighted by atomic mass is 15.2. The van der Waals surface area contributed by atoms with Crippen LogP contribution in [0.15, 0.2) is 24.3 Å². The van der Waals surface area contributed by atoms with Crippen molar-refractivity contribution < 1.29 is 0 Å². The van der Waals surface area contributed by atoms with E-state index in [2.05, 4.69) is 21.9 Å². The maximum Gasteiger partial charge on any atom is 0.134 e. The fourth-order valence-corrected chi connectivity index (χ4v) is 2.05. The van der Waals surface area contributed by atoms with Crippen LogP contribution in [0.4, 0.5) is 11.6 Å². The summed E-state index contributed by atoms with van der Waals surface area (Å²) in [5.74, 6) is 2.15. The zero-order valence-corrected chi connectivity index (χ0v) is 12.3. The van der Waals surface area contributed by atoms with Crippen LogP contribution in [0.5, 0.6) is 0 Å². The first-order valence-corrected chi connectivity index (χ1v) is 6.85. The number of hydrogen-bond donors (Lipinski definition) is 1. The highest BCUT2D eigenvalue weighted by Crippen LogP contribution is 2.15. The molecule has 2 N–H and O–H groups in total. The van der Waals surface area contributed by atoms with Crippen LogP contribution in [-0.2, 0) is 13.0 Å². The number of rotatable bonds is 5. The van der Waals surface area contributed by atoms with Gasteiger partial charge in [-0.05, 0) is 25.5 Å². The molecule has 0 fully saturated rings. The van der Waals surface area contributed by atoms with Gasteiger partial charge in [0.25, 0.3) is 0 Å². The lowest BCUT2D eigenvalue weighted by atomic mass is 10.3. The Hall–Kier alpha value is -2.17. The first-order chi connectivity index (χ1) is 9.58. The number of aromatic nitrogens is 3. The minimum atomic E-state index is 0.516. The maximum absolute atomic E-state index is 5.85. The smallest absolute Gasteiger partial charge is 0.134 e. The van der Waals surface area contributed by atoms with Crippen molar-refractivity contribution in [2.45, 2.75) is 33.2 Å². The van der Waals surface area contributed by atoms with Crippen molar-refractivity contribution in [2.24, 2.45) is 0 Å². The summed E-state index contributed by atoms with van der Waals surface area (Å²) in [6.07, 6.45) is 1.85. The fraction of sp³-hybridized carbons (Fsp3) is 0.400. The minimum Gasteiger partial charge on any atom is -0.384 e. The largest absolute Gasteiger partial charge is 0.384 e. The first kappa shape index (κ1) is 14.2. The number of nitrogen functional groups attached to an aromatic ring is 1. The number of nitrogens with two attached hydrogens (primary N) is 1. The molecule has 2 rings (SSSR count). The molecule has 0 spiro atoms. The molecule has 0 aliphatic heterocycles. The van der Waals surface area contributed by atoms with Gasteiger partial charge in [0.15, 0.2) is 0 Å². The highest BCUT2D eigenvalue weighted by Gasteiger charge is 2.08. The third-order valence-corrected chi connectivity index (χ3v) is 2.99. The number of pyridine rings is 1. The molecule has 2 aromatic rings. The Kier molecular flexibility index (Phi) is 4.50. The lowest BCUT2D eigenvalue weighted by molar-refractivity contribution is 0.806. The molecular formula is C15H21N5. The summed E-state index contributed by atoms with van der Waals surface area (Å²) >= 11 is 0. The van der Waals surface area contributed by atoms with E-state index in [-0.39, 0.29) is 0 Å². The Balaban J connectivity index is 2.18. The molecule has 5 nitrogen and oxygen atoms in total. The standard InChI is InChI=1S/C15H21N5/c1-4-6-14-18-13(16)9-15(19-14)20(3)10-12-8-5-7-11(2)17-12/h5,7-9H,4,6,10H2,1-3H3,(H2,16,18,19). The minimum absolute atomic E-state index is 0.516. The van der Waals surface area contributed by atoms with E-state index in [9.17, 15) is 0 Å². The molecule has 0 aliphatic carbocycles. The van der Waals surface area contributed by atoms with E-state index < -0.39 is 0 Å². The number of hydrogen-bond acceptors (Lipinski definition) is 5. The summed E-state index contributed by atoms with van der Waals surface area (Å²) in [7, 11) is 1.99. The molecule has 0 saturated carbocycles. The van der Waals surface area contributed by atoms with E-state index in [1.165, 1.54) is 0 Å². The normalized spacial score (nSPS) is 10.6. The van der Waals surface area contributed by atoms with Crippen LogP contribution in [0, 0.1) is 6.92 Å². The summed E-state index contributed by atoms with van der Waals surface area (Å²) in [6, 6.07) is 7.82. The summed E-state index contributed by atoms with van der Waals surface area (Å²) in [5, 5.41) is 0. The van der Waals surface area contributed by atoms with Crippen LogP contribution in [0.25, 0.3) is 0 Å². The fourth-order valence-electron chi connectivity index (χ4n) is 2.05. The molecule has 0 radical (unpaired) electrons. The van der Waals surface area contributed by atoms with Crippen LogP contribution in [0.2, 0.25) is 0 Å². The van der Waals surface area contributed by atoms with Crippen LogP contribution in [-0.4, -0.2) is 22.0 Å². The monoisotopic (exact) mass is 271 g/mol. The second-order valence-electron chi connectivity index (χ2n) is 4.94. The quantitative estimate of drug-likeness (QED) is 0.904. The van der Waals surface area contributed by atoms with Gasteiger partial charge in [-0.1, -0.05) is 13.0 Å². The molecular weight excluding hydrogens is 250 g/mol. The average Bonchev–Trinajstić information content (AvgIpc) is 2.38. The third-order valence-electron chi connectivity index (χ3n) is 2.99. The summed E-state index contributed by atoms with van der Waals surface area (Å²) in [4.78, 5) is 15.3. The van der Waals surface area contributed by atoms with E-state index in [4.69, 9.17) is 5.73 Å². The second-order valence-corrected chi connectivity index (χ2v) is 4.94. The maximum atomic E-state index is 5.85. The Morgan fingerprint density at radius 2 is 2.00 bits per heavy atom. The molecule has 0 bridgehead atoms. The van der Waals surface area contributed by atoms with Crippen molar-refractivity contribution in [2.75, 3.05) is 17.7 Å². The second kappa shape index (κ2) is 6.32. The molecule has 2 aromatic heterocycles. The molecule has 5 heteroatoms. The summed E-state index contributed by atoms with van der Waals surface area (Å²) < 4.78 is 0. The van der Waals surface area contributed by atoms with E-state index in [1.54, 1.807) is 6.07 Å². The first-order valence-electron chi connectivity index (χ1n) is 6.85. The van der Waals surface area contributed by atoms with Gasteiger partial charge in [0.1, 0.15) is 17.5 Å². The molecule has 0 unspecified atom stereocenters. The van der Waals surface area contributed by atoms with Gasteiger partial charge in [0.2, 0.25) is 0 Å². The van der Waals surface area contributed by atoms with Crippen LogP contribution in [0.1, 0.15) is 30.6 Å². The predicted octanol–water partition coefficient (Wildman–Crippen LogP) is 2.35. The number of nitrogens with zero attached hydrogens (tertiary/aromatic N) is 4. The molecule has 20 heavy (non-hydrogen) atoms.